The molecule has 1 aliphatic heterocycles. The zero-order valence-electron chi connectivity index (χ0n) is 16.8. The molecule has 1 aliphatic rings. The molecule has 4 rings (SSSR count). The molecule has 3 aromatic rings. The molecule has 2 atom stereocenters. The summed E-state index contributed by atoms with van der Waals surface area (Å²) >= 11 is 0. The Labute approximate surface area is 173 Å². The van der Waals surface area contributed by atoms with Crippen LogP contribution >= 0.6 is 0 Å². The fraction of sp³-hybridized carbons (Fsp3) is 0.227. The molecule has 0 saturated heterocycles. The average molecular weight is 404 g/mol. The van der Waals surface area contributed by atoms with Gasteiger partial charge in [-0.25, -0.2) is 4.99 Å². The number of nitrogens with zero attached hydrogens (tertiary/aromatic N) is 4. The third-order valence-electron chi connectivity index (χ3n) is 5.40. The molecule has 0 saturated carbocycles. The number of benzene rings is 2. The lowest BCUT2D eigenvalue weighted by Crippen LogP contribution is -2.33. The number of fused-ring (bicyclic) bond motifs is 1. The highest BCUT2D eigenvalue weighted by molar-refractivity contribution is 6.05. The molecule has 2 aromatic carbocycles. The third-order valence-corrected chi connectivity index (χ3v) is 5.40. The van der Waals surface area contributed by atoms with Gasteiger partial charge in [-0.2, -0.15) is 5.10 Å². The molecule has 30 heavy (non-hydrogen) atoms. The fourth-order valence-corrected chi connectivity index (χ4v) is 4.09. The largest absolute Gasteiger partial charge is 0.468 e. The molecule has 0 fully saturated rings. The summed E-state index contributed by atoms with van der Waals surface area (Å²) in [5.74, 6) is -1.37. The second-order valence-electron chi connectivity index (χ2n) is 7.12. The van der Waals surface area contributed by atoms with Crippen LogP contribution < -0.4 is 0 Å². The highest BCUT2D eigenvalue weighted by atomic mass is 16.6. The Kier molecular flexibility index (Phi) is 4.91. The van der Waals surface area contributed by atoms with Crippen molar-refractivity contribution in [3.63, 3.8) is 0 Å². The lowest BCUT2D eigenvalue weighted by molar-refractivity contribution is -0.385. The van der Waals surface area contributed by atoms with Crippen LogP contribution in [0, 0.1) is 16.0 Å². The van der Waals surface area contributed by atoms with Gasteiger partial charge in [-0.1, -0.05) is 48.5 Å². The van der Waals surface area contributed by atoms with Gasteiger partial charge in [0.05, 0.1) is 17.7 Å². The molecule has 0 amide bonds. The standard InChI is InChI=1S/C22H20N4O4/c1-13-17(22(27)30-3)18(15-11-7-8-12-16(15)26(28)29)19-20(14-9-5-4-6-10-14)24-25(2)21(19)23-13/h4-12,17-18H,1-3H3. The lowest BCUT2D eigenvalue weighted by Gasteiger charge is -2.29. The number of aryl methyl sites for hydroxylation is 1. The van der Waals surface area contributed by atoms with E-state index in [2.05, 4.69) is 10.1 Å². The van der Waals surface area contributed by atoms with E-state index in [1.54, 1.807) is 36.9 Å². The van der Waals surface area contributed by atoms with Gasteiger partial charge in [0.15, 0.2) is 5.82 Å². The van der Waals surface area contributed by atoms with Crippen LogP contribution in [0.1, 0.15) is 24.0 Å². The van der Waals surface area contributed by atoms with Crippen LogP contribution in [0.15, 0.2) is 59.6 Å². The number of nitro benzene ring substituents is 1. The molecular formula is C22H20N4O4. The van der Waals surface area contributed by atoms with Crippen LogP contribution in [0.3, 0.4) is 0 Å². The van der Waals surface area contributed by atoms with Crippen LogP contribution in [0.2, 0.25) is 0 Å². The van der Waals surface area contributed by atoms with E-state index in [9.17, 15) is 14.9 Å². The molecule has 8 nitrogen and oxygen atoms in total. The summed E-state index contributed by atoms with van der Waals surface area (Å²) in [5.41, 5.74) is 3.07. The number of esters is 1. The fourth-order valence-electron chi connectivity index (χ4n) is 4.09. The molecule has 1 aromatic heterocycles. The summed E-state index contributed by atoms with van der Waals surface area (Å²) in [6, 6.07) is 16.0. The number of aromatic nitrogens is 2. The molecular weight excluding hydrogens is 384 g/mol. The number of nitro groups is 1. The number of hydrogen-bond acceptors (Lipinski definition) is 6. The molecule has 0 bridgehead atoms. The minimum Gasteiger partial charge on any atom is -0.468 e. The number of carbonyl (C=O) groups is 1. The van der Waals surface area contributed by atoms with E-state index in [0.717, 1.165) is 5.56 Å². The zero-order chi connectivity index (χ0) is 21.4. The average Bonchev–Trinajstić information content (AvgIpc) is 3.09. The van der Waals surface area contributed by atoms with Crippen molar-refractivity contribution in [1.82, 2.24) is 9.78 Å². The number of para-hydroxylation sites is 1. The minimum atomic E-state index is -0.796. The molecule has 0 spiro atoms. The zero-order valence-corrected chi connectivity index (χ0v) is 16.8. The van der Waals surface area contributed by atoms with Crippen LogP contribution in [-0.4, -0.2) is 33.5 Å². The Morgan fingerprint density at radius 2 is 1.80 bits per heavy atom. The summed E-state index contributed by atoms with van der Waals surface area (Å²) < 4.78 is 6.71. The highest BCUT2D eigenvalue weighted by Crippen LogP contribution is 2.48. The monoisotopic (exact) mass is 404 g/mol. The Bertz CT molecular complexity index is 1170. The van der Waals surface area contributed by atoms with E-state index >= 15 is 0 Å². The summed E-state index contributed by atoms with van der Waals surface area (Å²) in [7, 11) is 3.08. The first-order valence-electron chi connectivity index (χ1n) is 9.42. The smallest absolute Gasteiger partial charge is 0.315 e. The Balaban J connectivity index is 2.06. The van der Waals surface area contributed by atoms with Crippen molar-refractivity contribution >= 4 is 23.2 Å². The first-order chi connectivity index (χ1) is 14.4. The van der Waals surface area contributed by atoms with Crippen molar-refractivity contribution in [3.05, 3.63) is 75.8 Å². The lowest BCUT2D eigenvalue weighted by atomic mass is 9.75. The van der Waals surface area contributed by atoms with Crippen molar-refractivity contribution in [1.29, 1.82) is 0 Å². The number of rotatable bonds is 4. The van der Waals surface area contributed by atoms with Crippen LogP contribution in [-0.2, 0) is 16.6 Å². The number of methoxy groups -OCH3 is 1. The van der Waals surface area contributed by atoms with Gasteiger partial charge in [0, 0.05) is 41.4 Å². The van der Waals surface area contributed by atoms with Gasteiger partial charge in [-0.15, -0.1) is 0 Å². The molecule has 2 heterocycles. The predicted molar refractivity (Wildman–Crippen MR) is 112 cm³/mol. The summed E-state index contributed by atoms with van der Waals surface area (Å²) in [6.45, 7) is 1.74. The van der Waals surface area contributed by atoms with Gasteiger partial charge in [0.25, 0.3) is 5.69 Å². The van der Waals surface area contributed by atoms with Crippen LogP contribution in [0.5, 0.6) is 0 Å². The van der Waals surface area contributed by atoms with Gasteiger partial charge < -0.3 is 4.74 Å². The minimum absolute atomic E-state index is 0.0556. The normalized spacial score (nSPS) is 17.8. The van der Waals surface area contributed by atoms with Crippen molar-refractivity contribution in [3.8, 4) is 11.3 Å². The van der Waals surface area contributed by atoms with Crippen molar-refractivity contribution in [2.75, 3.05) is 7.11 Å². The van der Waals surface area contributed by atoms with E-state index < -0.39 is 22.7 Å². The predicted octanol–water partition coefficient (Wildman–Crippen LogP) is 4.02. The number of hydrogen-bond donors (Lipinski definition) is 0. The Hall–Kier alpha value is -3.81. The first kappa shape index (κ1) is 19.5. The van der Waals surface area contributed by atoms with Gasteiger partial charge in [0.1, 0.15) is 5.92 Å². The molecule has 152 valence electrons. The number of ether oxygens (including phenoxy) is 1. The summed E-state index contributed by atoms with van der Waals surface area (Å²) in [6.07, 6.45) is 0. The van der Waals surface area contributed by atoms with Gasteiger partial charge >= 0.3 is 5.97 Å². The Morgan fingerprint density at radius 3 is 2.47 bits per heavy atom. The van der Waals surface area contributed by atoms with Crippen molar-refractivity contribution in [2.45, 2.75) is 12.8 Å². The second kappa shape index (κ2) is 7.55. The summed E-state index contributed by atoms with van der Waals surface area (Å²) in [5, 5.41) is 16.5. The maximum absolute atomic E-state index is 12.8. The van der Waals surface area contributed by atoms with Gasteiger partial charge in [0.2, 0.25) is 0 Å². The maximum Gasteiger partial charge on any atom is 0.315 e. The van der Waals surface area contributed by atoms with Crippen LogP contribution in [0.25, 0.3) is 11.3 Å². The van der Waals surface area contributed by atoms with E-state index in [1.807, 2.05) is 30.3 Å². The van der Waals surface area contributed by atoms with Gasteiger partial charge in [-0.05, 0) is 6.92 Å². The number of carbonyl (C=O) groups excluding carboxylic acids is 1. The van der Waals surface area contributed by atoms with Crippen LogP contribution in [0.4, 0.5) is 11.5 Å². The van der Waals surface area contributed by atoms with E-state index in [1.165, 1.54) is 13.2 Å². The van der Waals surface area contributed by atoms with Gasteiger partial charge in [-0.3, -0.25) is 19.6 Å². The highest BCUT2D eigenvalue weighted by Gasteiger charge is 2.44. The SMILES string of the molecule is COC(=O)C1C(C)=Nc2c(c(-c3ccccc3)nn2C)C1c1ccccc1[N+](=O)[O-]. The molecule has 2 unspecified atom stereocenters. The molecule has 0 N–H and O–H groups in total. The van der Waals surface area contributed by atoms with Crippen molar-refractivity contribution in [2.24, 2.45) is 18.0 Å². The van der Waals surface area contributed by atoms with E-state index in [4.69, 9.17) is 4.74 Å². The molecule has 0 aliphatic carbocycles. The number of aliphatic imine (C=N–C) groups is 1. The molecule has 0 radical (unpaired) electrons. The first-order valence-corrected chi connectivity index (χ1v) is 9.42. The van der Waals surface area contributed by atoms with Crippen molar-refractivity contribution < 1.29 is 14.5 Å². The van der Waals surface area contributed by atoms with E-state index in [0.29, 0.717) is 28.4 Å². The Morgan fingerprint density at radius 1 is 1.13 bits per heavy atom. The maximum atomic E-state index is 12.8. The topological polar surface area (TPSA) is 99.6 Å². The quantitative estimate of drug-likeness (QED) is 0.371. The van der Waals surface area contributed by atoms with E-state index in [-0.39, 0.29) is 5.69 Å². The third kappa shape index (κ3) is 3.06. The second-order valence-corrected chi connectivity index (χ2v) is 7.12. The summed E-state index contributed by atoms with van der Waals surface area (Å²) in [4.78, 5) is 28.8. The molecule has 8 heteroatoms.